The summed E-state index contributed by atoms with van der Waals surface area (Å²) in [5.74, 6) is -2.07. The van der Waals surface area contributed by atoms with E-state index >= 15 is 0 Å². The van der Waals surface area contributed by atoms with Crippen LogP contribution in [0, 0.1) is 11.8 Å². The highest BCUT2D eigenvalue weighted by Gasteiger charge is 2.77. The molecule has 3 heterocycles. The third-order valence-corrected chi connectivity index (χ3v) is 8.82. The van der Waals surface area contributed by atoms with E-state index in [0.29, 0.717) is 13.0 Å². The molecule has 2 amide bonds. The maximum absolute atomic E-state index is 14.0. The van der Waals surface area contributed by atoms with E-state index in [1.54, 1.807) is 22.7 Å². The smallest absolute Gasteiger partial charge is 0.311 e. The fourth-order valence-corrected chi connectivity index (χ4v) is 7.95. The number of carbonyl (C=O) groups is 3. The number of ether oxygens (including phenoxy) is 1. The highest BCUT2D eigenvalue weighted by Crippen LogP contribution is 2.71. The first-order valence-electron chi connectivity index (χ1n) is 10.8. The number of thioether (sulfide) groups is 1. The van der Waals surface area contributed by atoms with Crippen LogP contribution in [-0.2, 0) is 19.1 Å². The Hall–Kier alpha value is -1.80. The van der Waals surface area contributed by atoms with Crippen LogP contribution in [0.4, 0.5) is 0 Å². The molecule has 172 valence electrons. The van der Waals surface area contributed by atoms with Crippen molar-refractivity contribution in [1.29, 1.82) is 0 Å². The lowest BCUT2D eigenvalue weighted by Crippen LogP contribution is -2.59. The van der Waals surface area contributed by atoms with Crippen LogP contribution in [-0.4, -0.2) is 80.1 Å². The van der Waals surface area contributed by atoms with Crippen LogP contribution in [0.15, 0.2) is 25.3 Å². The van der Waals surface area contributed by atoms with E-state index in [9.17, 15) is 19.5 Å². The number of carbonyl (C=O) groups excluding carboxylic acids is 3. The van der Waals surface area contributed by atoms with Gasteiger partial charge in [0.1, 0.15) is 12.6 Å². The Morgan fingerprint density at radius 2 is 2.00 bits per heavy atom. The summed E-state index contributed by atoms with van der Waals surface area (Å²) in [7, 11) is 0. The lowest BCUT2D eigenvalue weighted by molar-refractivity contribution is -0.154. The van der Waals surface area contributed by atoms with Gasteiger partial charge in [-0.25, -0.2) is 0 Å². The molecule has 0 aromatic heterocycles. The van der Waals surface area contributed by atoms with Crippen molar-refractivity contribution in [3.63, 3.8) is 0 Å². The summed E-state index contributed by atoms with van der Waals surface area (Å²) >= 11 is 1.59. The summed E-state index contributed by atoms with van der Waals surface area (Å²) in [6, 6.07) is -0.736. The van der Waals surface area contributed by atoms with Gasteiger partial charge in [0.15, 0.2) is 0 Å². The molecular formula is C23H34N2O5S. The maximum atomic E-state index is 14.0. The van der Waals surface area contributed by atoms with Gasteiger partial charge in [-0.05, 0) is 40.5 Å². The van der Waals surface area contributed by atoms with Gasteiger partial charge in [0.2, 0.25) is 11.8 Å². The molecule has 3 saturated heterocycles. The normalized spacial score (nSPS) is 33.9. The van der Waals surface area contributed by atoms with Gasteiger partial charge in [0.25, 0.3) is 0 Å². The van der Waals surface area contributed by atoms with Gasteiger partial charge >= 0.3 is 5.97 Å². The quantitative estimate of drug-likeness (QED) is 0.450. The molecule has 2 bridgehead atoms. The Labute approximate surface area is 188 Å². The van der Waals surface area contributed by atoms with E-state index in [1.165, 1.54) is 11.0 Å². The number of hydrogen-bond donors (Lipinski definition) is 1. The number of hydrogen-bond acceptors (Lipinski definition) is 6. The molecule has 0 radical (unpaired) electrons. The number of aliphatic hydroxyl groups excluding tert-OH is 1. The van der Waals surface area contributed by atoms with Crippen LogP contribution in [0.1, 0.15) is 40.5 Å². The molecule has 5 atom stereocenters. The first-order chi connectivity index (χ1) is 14.5. The van der Waals surface area contributed by atoms with Crippen molar-refractivity contribution in [3.05, 3.63) is 25.3 Å². The molecule has 3 rings (SSSR count). The van der Waals surface area contributed by atoms with Gasteiger partial charge in [0, 0.05) is 23.4 Å². The molecule has 0 aliphatic carbocycles. The van der Waals surface area contributed by atoms with Gasteiger partial charge in [-0.3, -0.25) is 14.4 Å². The van der Waals surface area contributed by atoms with Crippen molar-refractivity contribution in [2.24, 2.45) is 11.8 Å². The minimum atomic E-state index is -0.736. The molecule has 2 unspecified atom stereocenters. The lowest BCUT2D eigenvalue weighted by atomic mass is 9.66. The number of likely N-dealkylation sites (tertiary alicyclic amines) is 1. The van der Waals surface area contributed by atoms with E-state index in [2.05, 4.69) is 13.2 Å². The lowest BCUT2D eigenvalue weighted by Gasteiger charge is -2.42. The van der Waals surface area contributed by atoms with Gasteiger partial charge < -0.3 is 19.6 Å². The summed E-state index contributed by atoms with van der Waals surface area (Å²) in [4.78, 5) is 43.8. The van der Waals surface area contributed by atoms with Crippen molar-refractivity contribution in [2.45, 2.75) is 61.6 Å². The minimum absolute atomic E-state index is 0.0608. The summed E-state index contributed by atoms with van der Waals surface area (Å²) < 4.78 is 4.21. The highest BCUT2D eigenvalue weighted by molar-refractivity contribution is 8.02. The Balaban J connectivity index is 2.07. The first kappa shape index (κ1) is 23.9. The molecule has 1 N–H and O–H groups in total. The summed E-state index contributed by atoms with van der Waals surface area (Å²) in [6.07, 6.45) is 4.58. The monoisotopic (exact) mass is 450 g/mol. The molecular weight excluding hydrogens is 416 g/mol. The summed E-state index contributed by atoms with van der Waals surface area (Å²) in [5, 5.41) is 9.67. The van der Waals surface area contributed by atoms with Gasteiger partial charge in [-0.15, -0.1) is 18.3 Å². The van der Waals surface area contributed by atoms with Gasteiger partial charge in [-0.2, -0.15) is 0 Å². The van der Waals surface area contributed by atoms with E-state index in [0.717, 1.165) is 6.42 Å². The van der Waals surface area contributed by atoms with Crippen LogP contribution >= 0.6 is 11.8 Å². The van der Waals surface area contributed by atoms with Crippen molar-refractivity contribution in [2.75, 3.05) is 26.3 Å². The second-order valence-electron chi connectivity index (χ2n) is 9.81. The number of rotatable bonds is 8. The van der Waals surface area contributed by atoms with Crippen LogP contribution in [0.25, 0.3) is 0 Å². The van der Waals surface area contributed by atoms with E-state index in [-0.39, 0.29) is 31.6 Å². The average molecular weight is 451 g/mol. The largest absolute Gasteiger partial charge is 0.461 e. The fraction of sp³-hybridized carbons (Fsp3) is 0.696. The number of nitrogens with zero attached hydrogens (tertiary/aromatic N) is 2. The number of aliphatic hydroxyl groups is 1. The molecule has 0 aromatic rings. The molecule has 7 nitrogen and oxygen atoms in total. The molecule has 1 spiro atoms. The van der Waals surface area contributed by atoms with Crippen molar-refractivity contribution in [3.8, 4) is 0 Å². The Morgan fingerprint density at radius 3 is 2.55 bits per heavy atom. The van der Waals surface area contributed by atoms with E-state index in [4.69, 9.17) is 4.74 Å². The third-order valence-electron chi connectivity index (χ3n) is 6.84. The Kier molecular flexibility index (Phi) is 6.37. The van der Waals surface area contributed by atoms with Crippen LogP contribution < -0.4 is 0 Å². The SMILES string of the molecule is C=CCOC(=O)[C@@H]1[C@H]2C(=O)N(CCO)C(C(=O)N(CC=C)C(C)(C)C)C23CC[C@@]1(C)S3. The molecule has 0 aromatic carbocycles. The zero-order valence-corrected chi connectivity index (χ0v) is 19.7. The molecule has 0 saturated carbocycles. The third kappa shape index (κ3) is 3.61. The predicted octanol–water partition coefficient (Wildman–Crippen LogP) is 2.00. The van der Waals surface area contributed by atoms with Crippen molar-refractivity contribution < 1.29 is 24.2 Å². The summed E-state index contributed by atoms with van der Waals surface area (Å²) in [6.45, 7) is 15.5. The first-order valence-corrected chi connectivity index (χ1v) is 11.6. The zero-order chi connectivity index (χ0) is 23.2. The number of esters is 1. The molecule has 3 aliphatic heterocycles. The highest BCUT2D eigenvalue weighted by atomic mass is 32.2. The van der Waals surface area contributed by atoms with Crippen molar-refractivity contribution >= 4 is 29.5 Å². The molecule has 3 aliphatic rings. The topological polar surface area (TPSA) is 87.1 Å². The predicted molar refractivity (Wildman–Crippen MR) is 120 cm³/mol. The van der Waals surface area contributed by atoms with Crippen LogP contribution in [0.5, 0.6) is 0 Å². The number of β-amino-alcohol motifs (C(OH)–C–C–N with tert-alkyl or cyclic N) is 1. The van der Waals surface area contributed by atoms with Crippen LogP contribution in [0.2, 0.25) is 0 Å². The zero-order valence-electron chi connectivity index (χ0n) is 18.9. The second kappa shape index (κ2) is 8.28. The molecule has 3 fully saturated rings. The van der Waals surface area contributed by atoms with E-state index in [1.807, 2.05) is 27.7 Å². The summed E-state index contributed by atoms with van der Waals surface area (Å²) in [5.41, 5.74) is -0.471. The molecule has 31 heavy (non-hydrogen) atoms. The Morgan fingerprint density at radius 1 is 1.32 bits per heavy atom. The van der Waals surface area contributed by atoms with Gasteiger partial charge in [-0.1, -0.05) is 18.7 Å². The number of fused-ring (bicyclic) bond motifs is 1. The molecule has 8 heteroatoms. The fourth-order valence-electron chi connectivity index (χ4n) is 5.61. The number of amides is 2. The Bertz CT molecular complexity index is 793. The van der Waals surface area contributed by atoms with E-state index < -0.39 is 38.9 Å². The maximum Gasteiger partial charge on any atom is 0.311 e. The average Bonchev–Trinajstić information content (AvgIpc) is 3.24. The van der Waals surface area contributed by atoms with Gasteiger partial charge in [0.05, 0.1) is 23.2 Å². The van der Waals surface area contributed by atoms with Crippen LogP contribution in [0.3, 0.4) is 0 Å². The second-order valence-corrected chi connectivity index (χ2v) is 11.7. The van der Waals surface area contributed by atoms with Crippen molar-refractivity contribution in [1.82, 2.24) is 9.80 Å². The standard InChI is InChI=1S/C23H34N2O5S/c1-7-11-25(21(3,4)5)19(28)17-23-10-9-22(6,31-23)16(20(29)30-14-8-2)15(23)18(27)24(17)12-13-26/h7-8,15-17,26H,1-2,9-14H2,3-6H3/t15-,16-,17?,22+,23?/m0/s1. The minimum Gasteiger partial charge on any atom is -0.461 e.